The van der Waals surface area contributed by atoms with Gasteiger partial charge in [0.15, 0.2) is 14.9 Å². The van der Waals surface area contributed by atoms with Crippen LogP contribution in [0.3, 0.4) is 0 Å². The summed E-state index contributed by atoms with van der Waals surface area (Å²) in [6.07, 6.45) is 5.62. The van der Waals surface area contributed by atoms with Crippen LogP contribution in [0.1, 0.15) is 35.4 Å². The number of halogens is 3. The van der Waals surface area contributed by atoms with Crippen molar-refractivity contribution in [3.05, 3.63) is 76.5 Å². The number of benzene rings is 2. The summed E-state index contributed by atoms with van der Waals surface area (Å²) in [6, 6.07) is 10.4. The molecule has 1 aromatic heterocycles. The topological polar surface area (TPSA) is 87.2 Å². The van der Waals surface area contributed by atoms with E-state index in [9.17, 15) is 12.8 Å². The van der Waals surface area contributed by atoms with Crippen molar-refractivity contribution in [1.82, 2.24) is 9.55 Å². The van der Waals surface area contributed by atoms with Gasteiger partial charge >= 0.3 is 0 Å². The molecule has 2 atom stereocenters. The number of sulfone groups is 1. The Morgan fingerprint density at radius 1 is 1.26 bits per heavy atom. The number of rotatable bonds is 8. The van der Waals surface area contributed by atoms with Crippen LogP contribution in [-0.2, 0) is 29.7 Å². The van der Waals surface area contributed by atoms with Gasteiger partial charge in [0, 0.05) is 30.2 Å². The smallest absolute Gasteiger partial charge is 0.197 e. The number of hydrogen-bond acceptors (Lipinski definition) is 5. The van der Waals surface area contributed by atoms with Crippen LogP contribution < -0.4 is 10.5 Å². The summed E-state index contributed by atoms with van der Waals surface area (Å²) in [6.45, 7) is 0.265. The highest BCUT2D eigenvalue weighted by atomic mass is 35.5. The van der Waals surface area contributed by atoms with E-state index >= 15 is 0 Å². The molecule has 0 aliphatic heterocycles. The SMILES string of the molecule is Cl.Cn1cnc(S(=O)(=O)CCCOc2ccc3c(c2)C(Cc2cc(F)cc(Cl)c2)C(N)CC3)c1. The Kier molecular flexibility index (Phi) is 8.62. The number of fused-ring (bicyclic) bond motifs is 1. The molecule has 4 rings (SSSR count). The summed E-state index contributed by atoms with van der Waals surface area (Å²) in [5, 5.41) is 0.445. The van der Waals surface area contributed by atoms with Crippen molar-refractivity contribution in [3.63, 3.8) is 0 Å². The van der Waals surface area contributed by atoms with Gasteiger partial charge in [-0.05, 0) is 72.7 Å². The molecule has 2 aromatic carbocycles. The second-order valence-corrected chi connectivity index (χ2v) is 11.0. The molecule has 0 radical (unpaired) electrons. The Bertz CT molecular complexity index is 1230. The van der Waals surface area contributed by atoms with Crippen molar-refractivity contribution in [3.8, 4) is 5.75 Å². The van der Waals surface area contributed by atoms with Gasteiger partial charge in [-0.2, -0.15) is 0 Å². The second-order valence-electron chi connectivity index (χ2n) is 8.55. The summed E-state index contributed by atoms with van der Waals surface area (Å²) in [5.41, 5.74) is 9.55. The van der Waals surface area contributed by atoms with Gasteiger partial charge in [-0.25, -0.2) is 17.8 Å². The van der Waals surface area contributed by atoms with Crippen molar-refractivity contribution in [2.75, 3.05) is 12.4 Å². The second kappa shape index (κ2) is 11.1. The minimum atomic E-state index is -3.44. The first-order valence-corrected chi connectivity index (χ1v) is 12.9. The molecule has 3 aromatic rings. The highest BCUT2D eigenvalue weighted by molar-refractivity contribution is 7.91. The van der Waals surface area contributed by atoms with Crippen LogP contribution in [0.25, 0.3) is 0 Å². The number of imidazole rings is 1. The zero-order chi connectivity index (χ0) is 23.6. The lowest BCUT2D eigenvalue weighted by atomic mass is 9.76. The molecule has 0 saturated heterocycles. The van der Waals surface area contributed by atoms with Crippen LogP contribution in [0.5, 0.6) is 5.75 Å². The average Bonchev–Trinajstić information content (AvgIpc) is 3.20. The Balaban J connectivity index is 0.00000324. The molecular formula is C24H28Cl2FN3O3S. The maximum absolute atomic E-state index is 13.8. The molecule has 0 saturated carbocycles. The summed E-state index contributed by atoms with van der Waals surface area (Å²) >= 11 is 6.03. The van der Waals surface area contributed by atoms with Gasteiger partial charge in [-0.1, -0.05) is 17.7 Å². The van der Waals surface area contributed by atoms with E-state index in [-0.39, 0.29) is 47.6 Å². The van der Waals surface area contributed by atoms with Gasteiger partial charge in [0.05, 0.1) is 18.7 Å². The first-order chi connectivity index (χ1) is 15.7. The fourth-order valence-electron chi connectivity index (χ4n) is 4.33. The van der Waals surface area contributed by atoms with Gasteiger partial charge in [-0.3, -0.25) is 0 Å². The summed E-state index contributed by atoms with van der Waals surface area (Å²) in [5.74, 6) is 0.280. The minimum absolute atomic E-state index is 0. The highest BCUT2D eigenvalue weighted by Crippen LogP contribution is 2.36. The number of hydrogen-bond donors (Lipinski definition) is 1. The summed E-state index contributed by atoms with van der Waals surface area (Å²) in [4.78, 5) is 3.92. The minimum Gasteiger partial charge on any atom is -0.494 e. The zero-order valence-corrected chi connectivity index (χ0v) is 21.2. The van der Waals surface area contributed by atoms with E-state index in [1.807, 2.05) is 18.2 Å². The Morgan fingerprint density at radius 3 is 2.76 bits per heavy atom. The molecule has 0 spiro atoms. The van der Waals surface area contributed by atoms with Crippen molar-refractivity contribution < 1.29 is 17.5 Å². The maximum atomic E-state index is 13.8. The molecule has 0 fully saturated rings. The Morgan fingerprint density at radius 2 is 2.06 bits per heavy atom. The van der Waals surface area contributed by atoms with Gasteiger partial charge in [-0.15, -0.1) is 12.4 Å². The molecule has 1 aliphatic carbocycles. The van der Waals surface area contributed by atoms with E-state index in [0.29, 0.717) is 23.6 Å². The molecule has 0 bridgehead atoms. The summed E-state index contributed by atoms with van der Waals surface area (Å²) < 4.78 is 46.0. The molecule has 184 valence electrons. The van der Waals surface area contributed by atoms with Crippen LogP contribution in [0.4, 0.5) is 4.39 Å². The fraction of sp³-hybridized carbons (Fsp3) is 0.375. The van der Waals surface area contributed by atoms with Crippen molar-refractivity contribution in [2.45, 2.75) is 42.7 Å². The van der Waals surface area contributed by atoms with Crippen LogP contribution in [0.15, 0.2) is 53.9 Å². The van der Waals surface area contributed by atoms with E-state index in [0.717, 1.165) is 24.0 Å². The standard InChI is InChI=1S/C24H27ClFN3O3S.ClH/c1-29-14-24(28-15-29)33(30,31)8-2-7-32-20-5-3-17-4-6-23(27)22(21(17)13-20)11-16-9-18(25)12-19(26)10-16;/h3,5,9-10,12-15,22-23H,2,4,6-8,11,27H2,1H3;1H. The van der Waals surface area contributed by atoms with Crippen LogP contribution in [0, 0.1) is 5.82 Å². The van der Waals surface area contributed by atoms with Gasteiger partial charge in [0.25, 0.3) is 0 Å². The third-order valence-electron chi connectivity index (χ3n) is 5.98. The van der Waals surface area contributed by atoms with E-state index in [1.54, 1.807) is 17.7 Å². The fourth-order valence-corrected chi connectivity index (χ4v) is 5.81. The van der Waals surface area contributed by atoms with Crippen LogP contribution in [0.2, 0.25) is 5.02 Å². The maximum Gasteiger partial charge on any atom is 0.197 e. The molecule has 34 heavy (non-hydrogen) atoms. The molecule has 10 heteroatoms. The lowest BCUT2D eigenvalue weighted by Gasteiger charge is -2.32. The predicted molar refractivity (Wildman–Crippen MR) is 133 cm³/mol. The molecule has 6 nitrogen and oxygen atoms in total. The van der Waals surface area contributed by atoms with E-state index in [4.69, 9.17) is 22.1 Å². The number of aromatic nitrogens is 2. The first-order valence-electron chi connectivity index (χ1n) is 10.9. The lowest BCUT2D eigenvalue weighted by molar-refractivity contribution is 0.316. The third-order valence-corrected chi connectivity index (χ3v) is 7.88. The third kappa shape index (κ3) is 6.30. The zero-order valence-electron chi connectivity index (χ0n) is 18.8. The molecular weight excluding hydrogens is 500 g/mol. The van der Waals surface area contributed by atoms with Crippen LogP contribution in [-0.4, -0.2) is 36.4 Å². The number of aryl methyl sites for hydroxylation is 2. The molecule has 1 aliphatic rings. The van der Waals surface area contributed by atoms with E-state index < -0.39 is 9.84 Å². The molecule has 1 heterocycles. The van der Waals surface area contributed by atoms with Crippen LogP contribution >= 0.6 is 24.0 Å². The monoisotopic (exact) mass is 527 g/mol. The Labute approximate surface area is 210 Å². The summed E-state index contributed by atoms with van der Waals surface area (Å²) in [7, 11) is -1.71. The molecule has 2 N–H and O–H groups in total. The van der Waals surface area contributed by atoms with E-state index in [1.165, 1.54) is 30.2 Å². The largest absolute Gasteiger partial charge is 0.494 e. The lowest BCUT2D eigenvalue weighted by Crippen LogP contribution is -2.34. The normalized spacial score (nSPS) is 17.6. The number of nitrogens with zero attached hydrogens (tertiary/aromatic N) is 2. The van der Waals surface area contributed by atoms with E-state index in [2.05, 4.69) is 4.98 Å². The van der Waals surface area contributed by atoms with Crippen molar-refractivity contribution in [1.29, 1.82) is 0 Å². The number of ether oxygens (including phenoxy) is 1. The number of nitrogens with two attached hydrogens (primary N) is 1. The molecule has 0 amide bonds. The van der Waals surface area contributed by atoms with Gasteiger partial charge in [0.2, 0.25) is 0 Å². The quantitative estimate of drug-likeness (QED) is 0.436. The first kappa shape index (κ1) is 26.5. The van der Waals surface area contributed by atoms with Crippen molar-refractivity contribution in [2.24, 2.45) is 12.8 Å². The van der Waals surface area contributed by atoms with Crippen molar-refractivity contribution >= 4 is 33.8 Å². The predicted octanol–water partition coefficient (Wildman–Crippen LogP) is 4.48. The average molecular weight is 528 g/mol. The molecule has 2 unspecified atom stereocenters. The highest BCUT2D eigenvalue weighted by Gasteiger charge is 2.28. The van der Waals surface area contributed by atoms with Gasteiger partial charge < -0.3 is 15.0 Å². The Hall–Kier alpha value is -2.13. The van der Waals surface area contributed by atoms with Gasteiger partial charge in [0.1, 0.15) is 11.6 Å².